The van der Waals surface area contributed by atoms with Crippen molar-refractivity contribution >= 4 is 11.1 Å². The molecule has 0 spiro atoms. The van der Waals surface area contributed by atoms with Crippen molar-refractivity contribution in [3.8, 4) is 44.6 Å². The molecular weight excluding hydrogens is 579 g/mol. The van der Waals surface area contributed by atoms with Gasteiger partial charge in [0.2, 0.25) is 0 Å². The molecule has 0 saturated heterocycles. The van der Waals surface area contributed by atoms with Gasteiger partial charge < -0.3 is 0 Å². The van der Waals surface area contributed by atoms with Crippen LogP contribution in [0.2, 0.25) is 0 Å². The molecule has 1 heterocycles. The monoisotopic (exact) mass is 613 g/mol. The molecule has 2 unspecified atom stereocenters. The van der Waals surface area contributed by atoms with Crippen LogP contribution in [0.15, 0.2) is 176 Å². The van der Waals surface area contributed by atoms with Gasteiger partial charge >= 0.3 is 0 Å². The summed E-state index contributed by atoms with van der Waals surface area (Å²) in [5.74, 6) is 0.523. The van der Waals surface area contributed by atoms with E-state index in [2.05, 4.69) is 176 Å². The largest absolute Gasteiger partial charge is 0.248 e. The molecule has 0 bridgehead atoms. The number of fused-ring (bicyclic) bond motifs is 6. The Hall–Kier alpha value is -5.79. The van der Waals surface area contributed by atoms with Gasteiger partial charge in [0.15, 0.2) is 0 Å². The van der Waals surface area contributed by atoms with E-state index in [0.29, 0.717) is 0 Å². The average molecular weight is 614 g/mol. The minimum absolute atomic E-state index is 0.233. The summed E-state index contributed by atoms with van der Waals surface area (Å²) in [5.41, 5.74) is 17.3. The Bertz CT molecular complexity index is 2280. The fraction of sp³-hybridized carbons (Fsp3) is 0.0851. The summed E-state index contributed by atoms with van der Waals surface area (Å²) in [7, 11) is 0. The second kappa shape index (κ2) is 12.1. The molecule has 6 aromatic rings. The lowest BCUT2D eigenvalue weighted by atomic mass is 9.68. The summed E-state index contributed by atoms with van der Waals surface area (Å²) in [6, 6.07) is 50.8. The van der Waals surface area contributed by atoms with E-state index in [1.165, 1.54) is 61.2 Å². The van der Waals surface area contributed by atoms with Crippen molar-refractivity contribution in [1.82, 2.24) is 4.98 Å². The molecule has 3 aliphatic rings. The molecule has 0 N–H and O–H groups in total. The van der Waals surface area contributed by atoms with Crippen LogP contribution in [0.1, 0.15) is 47.1 Å². The van der Waals surface area contributed by atoms with Crippen LogP contribution in [0.3, 0.4) is 0 Å². The fourth-order valence-corrected chi connectivity index (χ4v) is 7.75. The van der Waals surface area contributed by atoms with E-state index in [4.69, 9.17) is 4.98 Å². The first-order chi connectivity index (χ1) is 23.8. The summed E-state index contributed by atoms with van der Waals surface area (Å²) >= 11 is 0. The van der Waals surface area contributed by atoms with Gasteiger partial charge in [0, 0.05) is 17.4 Å². The Kier molecular flexibility index (Phi) is 7.17. The summed E-state index contributed by atoms with van der Waals surface area (Å²) in [6.45, 7) is 0. The molecule has 1 nitrogen and oxygen atoms in total. The van der Waals surface area contributed by atoms with Crippen molar-refractivity contribution in [2.24, 2.45) is 0 Å². The summed E-state index contributed by atoms with van der Waals surface area (Å²) in [5, 5.41) is 0. The van der Waals surface area contributed by atoms with Crippen molar-refractivity contribution in [1.29, 1.82) is 0 Å². The Morgan fingerprint density at radius 1 is 0.438 bits per heavy atom. The van der Waals surface area contributed by atoms with E-state index in [-0.39, 0.29) is 11.8 Å². The zero-order valence-corrected chi connectivity index (χ0v) is 26.8. The minimum atomic E-state index is 0.233. The van der Waals surface area contributed by atoms with Gasteiger partial charge in [0.05, 0.1) is 11.4 Å². The third-order valence-corrected chi connectivity index (χ3v) is 10.1. The van der Waals surface area contributed by atoms with E-state index in [1.54, 1.807) is 0 Å². The van der Waals surface area contributed by atoms with E-state index < -0.39 is 0 Å². The van der Waals surface area contributed by atoms with Crippen molar-refractivity contribution < 1.29 is 0 Å². The topological polar surface area (TPSA) is 12.9 Å². The van der Waals surface area contributed by atoms with E-state index in [0.717, 1.165) is 29.8 Å². The first-order valence-corrected chi connectivity index (χ1v) is 17.0. The third kappa shape index (κ3) is 5.09. The highest BCUT2D eigenvalue weighted by Gasteiger charge is 2.33. The predicted octanol–water partition coefficient (Wildman–Crippen LogP) is 12.3. The number of nitrogens with zero attached hydrogens (tertiary/aromatic N) is 1. The maximum absolute atomic E-state index is 5.18. The number of hydrogen-bond donors (Lipinski definition) is 0. The molecule has 1 aromatic heterocycles. The van der Waals surface area contributed by atoms with Crippen LogP contribution < -0.4 is 0 Å². The maximum Gasteiger partial charge on any atom is 0.0715 e. The van der Waals surface area contributed by atoms with Crippen molar-refractivity contribution in [3.05, 3.63) is 198 Å². The lowest BCUT2D eigenvalue weighted by Gasteiger charge is -2.35. The number of allylic oxidation sites excluding steroid dienone is 8. The van der Waals surface area contributed by atoms with Crippen LogP contribution >= 0.6 is 0 Å². The lowest BCUT2D eigenvalue weighted by molar-refractivity contribution is 0.723. The van der Waals surface area contributed by atoms with Gasteiger partial charge in [-0.25, -0.2) is 4.98 Å². The van der Waals surface area contributed by atoms with Crippen molar-refractivity contribution in [3.63, 3.8) is 0 Å². The second-order valence-electron chi connectivity index (χ2n) is 13.0. The normalized spacial score (nSPS) is 17.5. The van der Waals surface area contributed by atoms with Gasteiger partial charge in [-0.3, -0.25) is 0 Å². The Labute approximate surface area is 283 Å². The maximum atomic E-state index is 5.18. The molecular formula is C47H35N. The number of pyridine rings is 1. The zero-order chi connectivity index (χ0) is 31.9. The molecule has 0 aliphatic heterocycles. The molecule has 0 fully saturated rings. The van der Waals surface area contributed by atoms with E-state index >= 15 is 0 Å². The van der Waals surface area contributed by atoms with Crippen LogP contribution in [-0.2, 0) is 0 Å². The van der Waals surface area contributed by atoms with Crippen molar-refractivity contribution in [2.45, 2.75) is 24.7 Å². The number of rotatable bonds is 5. The number of aromatic nitrogens is 1. The fourth-order valence-electron chi connectivity index (χ4n) is 7.75. The first-order valence-electron chi connectivity index (χ1n) is 17.0. The van der Waals surface area contributed by atoms with Crippen LogP contribution in [-0.4, -0.2) is 4.98 Å². The molecule has 2 atom stereocenters. The highest BCUT2D eigenvalue weighted by molar-refractivity contribution is 5.90. The SMILES string of the molecule is C1=CC(c2cc(-c3ccccc3C3=CC4c5cc(-c6ccccc6)ccc5-c5ccccc5C4C=C3)cc(-c3ccccc3)n2)=CCC1. The van der Waals surface area contributed by atoms with Crippen LogP contribution in [0.25, 0.3) is 55.8 Å². The molecule has 9 rings (SSSR count). The lowest BCUT2D eigenvalue weighted by Crippen LogP contribution is -2.17. The first kappa shape index (κ1) is 28.4. The van der Waals surface area contributed by atoms with Gasteiger partial charge in [-0.2, -0.15) is 0 Å². The molecule has 1 heteroatoms. The number of hydrogen-bond acceptors (Lipinski definition) is 1. The summed E-state index contributed by atoms with van der Waals surface area (Å²) in [6.07, 6.45) is 16.3. The highest BCUT2D eigenvalue weighted by Crippen LogP contribution is 2.52. The molecule has 48 heavy (non-hydrogen) atoms. The molecule has 5 aromatic carbocycles. The predicted molar refractivity (Wildman–Crippen MR) is 201 cm³/mol. The Balaban J connectivity index is 1.19. The summed E-state index contributed by atoms with van der Waals surface area (Å²) < 4.78 is 0. The van der Waals surface area contributed by atoms with Gasteiger partial charge in [0.25, 0.3) is 0 Å². The minimum Gasteiger partial charge on any atom is -0.248 e. The molecule has 3 aliphatic carbocycles. The second-order valence-corrected chi connectivity index (χ2v) is 13.0. The van der Waals surface area contributed by atoms with E-state index in [1.807, 2.05) is 0 Å². The van der Waals surface area contributed by atoms with Gasteiger partial charge in [-0.05, 0) is 92.3 Å². The Morgan fingerprint density at radius 3 is 1.92 bits per heavy atom. The van der Waals surface area contributed by atoms with Crippen LogP contribution in [0, 0.1) is 0 Å². The zero-order valence-electron chi connectivity index (χ0n) is 26.8. The van der Waals surface area contributed by atoms with Gasteiger partial charge in [0.1, 0.15) is 0 Å². The van der Waals surface area contributed by atoms with Crippen LogP contribution in [0.4, 0.5) is 0 Å². The van der Waals surface area contributed by atoms with Gasteiger partial charge in [-0.15, -0.1) is 0 Å². The van der Waals surface area contributed by atoms with Crippen molar-refractivity contribution in [2.75, 3.05) is 0 Å². The van der Waals surface area contributed by atoms with E-state index in [9.17, 15) is 0 Å². The average Bonchev–Trinajstić information content (AvgIpc) is 3.18. The molecule has 228 valence electrons. The Morgan fingerprint density at radius 2 is 1.12 bits per heavy atom. The van der Waals surface area contributed by atoms with Crippen LogP contribution in [0.5, 0.6) is 0 Å². The quantitative estimate of drug-likeness (QED) is 0.188. The smallest absolute Gasteiger partial charge is 0.0715 e. The summed E-state index contributed by atoms with van der Waals surface area (Å²) in [4.78, 5) is 5.18. The van der Waals surface area contributed by atoms with Gasteiger partial charge in [-0.1, -0.05) is 158 Å². The standard InChI is InChI=1S/C47H35N/c1-4-14-32(15-5-1)35-24-26-42-40-22-12-13-23-41(40)43-27-25-36(29-45(43)44(42)28-35)38-20-10-11-21-39(38)37-30-46(33-16-6-2-7-17-33)48-47(31-37)34-18-8-3-9-19-34/h1-2,4-8,10-31,43,45H,3,9H2. The molecule has 0 saturated carbocycles. The highest BCUT2D eigenvalue weighted by atomic mass is 14.7. The molecule has 0 amide bonds. The molecule has 0 radical (unpaired) electrons. The number of benzene rings is 5. The third-order valence-electron chi connectivity index (χ3n) is 10.1.